The monoisotopic (exact) mass is 458 g/mol. The number of halogens is 2. The van der Waals surface area contributed by atoms with Gasteiger partial charge in [-0.1, -0.05) is 47.5 Å². The molecule has 0 aromatic heterocycles. The zero-order valence-electron chi connectivity index (χ0n) is 15.3. The number of nitrogens with zero attached hydrogens (tertiary/aromatic N) is 1. The van der Waals surface area contributed by atoms with Crippen LogP contribution in [-0.2, 0) is 14.8 Å². The van der Waals surface area contributed by atoms with Gasteiger partial charge in [0.05, 0.1) is 27.7 Å². The van der Waals surface area contributed by atoms with E-state index in [2.05, 4.69) is 4.72 Å². The van der Waals surface area contributed by atoms with E-state index in [1.165, 1.54) is 17.0 Å². The molecule has 2 aromatic rings. The van der Waals surface area contributed by atoms with Crippen LogP contribution in [-0.4, -0.2) is 56.9 Å². The number of amides is 1. The van der Waals surface area contributed by atoms with Crippen molar-refractivity contribution in [3.8, 4) is 0 Å². The van der Waals surface area contributed by atoms with Crippen LogP contribution < -0.4 is 4.72 Å². The molecule has 10 heteroatoms. The van der Waals surface area contributed by atoms with Crippen molar-refractivity contribution in [2.24, 2.45) is 0 Å². The molecule has 2 N–H and O–H groups in total. The summed E-state index contributed by atoms with van der Waals surface area (Å²) >= 11 is 12.1. The Labute approximate surface area is 179 Å². The molecule has 29 heavy (non-hydrogen) atoms. The third kappa shape index (κ3) is 5.40. The van der Waals surface area contributed by atoms with Crippen LogP contribution in [0.4, 0.5) is 4.79 Å². The molecule has 2 atom stereocenters. The van der Waals surface area contributed by atoms with Crippen LogP contribution in [0.1, 0.15) is 11.5 Å². The van der Waals surface area contributed by atoms with Gasteiger partial charge in [0.2, 0.25) is 10.0 Å². The second kappa shape index (κ2) is 9.32. The highest BCUT2D eigenvalue weighted by Gasteiger charge is 2.32. The Morgan fingerprint density at radius 2 is 1.90 bits per heavy atom. The standard InChI is InChI=1S/C19H20Cl2N2O5S/c20-16-7-6-13(10-17(16)21)15-12-23(19(24)25)8-9-28-18(15)11-22-29(26,27)14-4-2-1-3-5-14/h1-7,10,15,18,22H,8-9,11-12H2,(H,24,25)/t15-,18-/m1/s1. The third-order valence-corrected chi connectivity index (χ3v) is 6.91. The molecule has 1 saturated heterocycles. The Bertz CT molecular complexity index is 972. The SMILES string of the molecule is O=C(O)N1CCO[C@H](CNS(=O)(=O)c2ccccc2)[C@@H](c2ccc(Cl)c(Cl)c2)C1. The molecule has 0 bridgehead atoms. The third-order valence-electron chi connectivity index (χ3n) is 4.73. The highest BCUT2D eigenvalue weighted by molar-refractivity contribution is 7.89. The maximum absolute atomic E-state index is 12.6. The summed E-state index contributed by atoms with van der Waals surface area (Å²) in [5, 5.41) is 10.1. The van der Waals surface area contributed by atoms with Crippen molar-refractivity contribution in [1.29, 1.82) is 0 Å². The maximum atomic E-state index is 12.6. The quantitative estimate of drug-likeness (QED) is 0.715. The predicted molar refractivity (Wildman–Crippen MR) is 110 cm³/mol. The van der Waals surface area contributed by atoms with Crippen molar-refractivity contribution in [1.82, 2.24) is 9.62 Å². The lowest BCUT2D eigenvalue weighted by Crippen LogP contribution is -2.39. The van der Waals surface area contributed by atoms with E-state index in [-0.39, 0.29) is 31.1 Å². The van der Waals surface area contributed by atoms with Crippen molar-refractivity contribution in [3.05, 3.63) is 64.1 Å². The summed E-state index contributed by atoms with van der Waals surface area (Å²) in [4.78, 5) is 12.9. The maximum Gasteiger partial charge on any atom is 0.407 e. The van der Waals surface area contributed by atoms with Crippen LogP contribution in [0.3, 0.4) is 0 Å². The van der Waals surface area contributed by atoms with Crippen molar-refractivity contribution in [2.45, 2.75) is 16.9 Å². The average molecular weight is 459 g/mol. The summed E-state index contributed by atoms with van der Waals surface area (Å²) in [6.45, 7) is 0.470. The fourth-order valence-corrected chi connectivity index (χ4v) is 4.56. The fraction of sp³-hybridized carbons (Fsp3) is 0.316. The summed E-state index contributed by atoms with van der Waals surface area (Å²) in [7, 11) is -3.73. The molecule has 1 aliphatic heterocycles. The summed E-state index contributed by atoms with van der Waals surface area (Å²) in [6, 6.07) is 13.0. The van der Waals surface area contributed by atoms with Crippen LogP contribution >= 0.6 is 23.2 Å². The van der Waals surface area contributed by atoms with Gasteiger partial charge >= 0.3 is 6.09 Å². The zero-order chi connectivity index (χ0) is 21.0. The van der Waals surface area contributed by atoms with Gasteiger partial charge in [-0.15, -0.1) is 0 Å². The van der Waals surface area contributed by atoms with Crippen LogP contribution in [0, 0.1) is 0 Å². The summed E-state index contributed by atoms with van der Waals surface area (Å²) in [5.41, 5.74) is 0.719. The van der Waals surface area contributed by atoms with Crippen LogP contribution in [0.5, 0.6) is 0 Å². The van der Waals surface area contributed by atoms with E-state index in [4.69, 9.17) is 27.9 Å². The van der Waals surface area contributed by atoms with E-state index in [0.29, 0.717) is 10.0 Å². The second-order valence-electron chi connectivity index (χ2n) is 6.58. The highest BCUT2D eigenvalue weighted by atomic mass is 35.5. The largest absolute Gasteiger partial charge is 0.465 e. The Hall–Kier alpha value is -1.84. The van der Waals surface area contributed by atoms with Gasteiger partial charge in [0.15, 0.2) is 0 Å². The van der Waals surface area contributed by atoms with E-state index in [9.17, 15) is 18.3 Å². The van der Waals surface area contributed by atoms with Gasteiger partial charge in [-0.2, -0.15) is 0 Å². The molecule has 0 unspecified atom stereocenters. The van der Waals surface area contributed by atoms with Crippen molar-refractivity contribution in [2.75, 3.05) is 26.2 Å². The van der Waals surface area contributed by atoms with Gasteiger partial charge in [0.25, 0.3) is 0 Å². The van der Waals surface area contributed by atoms with E-state index in [1.807, 2.05) is 0 Å². The number of rotatable bonds is 5. The zero-order valence-corrected chi connectivity index (χ0v) is 17.6. The topological polar surface area (TPSA) is 95.9 Å². The Morgan fingerprint density at radius 1 is 1.17 bits per heavy atom. The fourth-order valence-electron chi connectivity index (χ4n) is 3.19. The molecular formula is C19H20Cl2N2O5S. The number of carbonyl (C=O) groups is 1. The lowest BCUT2D eigenvalue weighted by molar-refractivity contribution is 0.0547. The van der Waals surface area contributed by atoms with Crippen molar-refractivity contribution in [3.63, 3.8) is 0 Å². The molecule has 7 nitrogen and oxygen atoms in total. The average Bonchev–Trinajstić information content (AvgIpc) is 2.92. The molecule has 3 rings (SSSR count). The number of carboxylic acid groups (broad SMARTS) is 1. The van der Waals surface area contributed by atoms with E-state index >= 15 is 0 Å². The van der Waals surface area contributed by atoms with Crippen LogP contribution in [0.25, 0.3) is 0 Å². The molecule has 0 aliphatic carbocycles. The first kappa shape index (κ1) is 21.9. The summed E-state index contributed by atoms with van der Waals surface area (Å²) in [5.74, 6) is -0.429. The van der Waals surface area contributed by atoms with Crippen molar-refractivity contribution >= 4 is 39.3 Å². The van der Waals surface area contributed by atoms with Gasteiger partial charge in [-0.25, -0.2) is 17.9 Å². The normalized spacial score (nSPS) is 20.3. The second-order valence-corrected chi connectivity index (χ2v) is 9.16. The first-order valence-corrected chi connectivity index (χ1v) is 11.1. The van der Waals surface area contributed by atoms with Gasteiger partial charge in [-0.05, 0) is 29.8 Å². The van der Waals surface area contributed by atoms with Crippen molar-refractivity contribution < 1.29 is 23.1 Å². The molecule has 1 fully saturated rings. The van der Waals surface area contributed by atoms with Gasteiger partial charge < -0.3 is 14.7 Å². The predicted octanol–water partition coefficient (Wildman–Crippen LogP) is 3.43. The minimum atomic E-state index is -3.73. The number of nitrogens with one attached hydrogen (secondary N) is 1. The Balaban J connectivity index is 1.85. The summed E-state index contributed by atoms with van der Waals surface area (Å²) < 4.78 is 33.5. The van der Waals surface area contributed by atoms with Crippen LogP contribution in [0.15, 0.2) is 53.4 Å². The molecular weight excluding hydrogens is 439 g/mol. The van der Waals surface area contributed by atoms with Crippen LogP contribution in [0.2, 0.25) is 10.0 Å². The molecule has 0 radical (unpaired) electrons. The Kier molecular flexibility index (Phi) is 7.02. The van der Waals surface area contributed by atoms with Gasteiger partial charge in [0, 0.05) is 25.6 Å². The number of benzene rings is 2. The van der Waals surface area contributed by atoms with Gasteiger partial charge in [0.1, 0.15) is 0 Å². The molecule has 1 heterocycles. The molecule has 0 saturated carbocycles. The Morgan fingerprint density at radius 3 is 2.55 bits per heavy atom. The highest BCUT2D eigenvalue weighted by Crippen LogP contribution is 2.31. The van der Waals surface area contributed by atoms with Gasteiger partial charge in [-0.3, -0.25) is 0 Å². The number of sulfonamides is 1. The number of hydrogen-bond acceptors (Lipinski definition) is 4. The number of ether oxygens (including phenoxy) is 1. The lowest BCUT2D eigenvalue weighted by atomic mass is 9.93. The van der Waals surface area contributed by atoms with E-state index in [1.54, 1.807) is 36.4 Å². The van der Waals surface area contributed by atoms with E-state index in [0.717, 1.165) is 5.56 Å². The molecule has 1 aliphatic rings. The molecule has 0 spiro atoms. The number of hydrogen-bond donors (Lipinski definition) is 2. The molecule has 1 amide bonds. The lowest BCUT2D eigenvalue weighted by Gasteiger charge is -2.27. The minimum Gasteiger partial charge on any atom is -0.465 e. The van der Waals surface area contributed by atoms with E-state index < -0.39 is 28.1 Å². The first-order chi connectivity index (χ1) is 13.8. The first-order valence-electron chi connectivity index (χ1n) is 8.87. The molecule has 2 aromatic carbocycles. The summed E-state index contributed by atoms with van der Waals surface area (Å²) in [6.07, 6.45) is -1.65. The minimum absolute atomic E-state index is 0.0183. The molecule has 156 valence electrons. The smallest absolute Gasteiger partial charge is 0.407 e.